The molecule has 1 amide bonds. The normalized spacial score (nSPS) is 21.4. The SMILES string of the molecule is Cc1occc1C(=O)N1CC2(C[C@H](CCOc3ncccn3)CCO2)C1. The van der Waals surface area contributed by atoms with Crippen LogP contribution in [0.4, 0.5) is 0 Å². The lowest BCUT2D eigenvalue weighted by molar-refractivity contribution is -0.166. The maximum atomic E-state index is 12.5. The van der Waals surface area contributed by atoms with Crippen molar-refractivity contribution in [3.05, 3.63) is 42.1 Å². The molecule has 2 aromatic rings. The summed E-state index contributed by atoms with van der Waals surface area (Å²) in [5.74, 6) is 1.22. The Hall–Kier alpha value is -2.41. The van der Waals surface area contributed by atoms with E-state index in [-0.39, 0.29) is 11.5 Å². The van der Waals surface area contributed by atoms with Crippen LogP contribution < -0.4 is 4.74 Å². The second-order valence-corrected chi connectivity index (χ2v) is 7.11. The molecule has 2 aliphatic rings. The van der Waals surface area contributed by atoms with E-state index in [0.29, 0.717) is 42.9 Å². The van der Waals surface area contributed by atoms with Gasteiger partial charge in [0.2, 0.25) is 0 Å². The highest BCUT2D eigenvalue weighted by atomic mass is 16.5. The molecule has 0 unspecified atom stereocenters. The molecule has 7 heteroatoms. The van der Waals surface area contributed by atoms with Gasteiger partial charge in [-0.3, -0.25) is 4.79 Å². The minimum absolute atomic E-state index is 0.0251. The number of carbonyl (C=O) groups is 1. The number of furan rings is 1. The first-order valence-electron chi connectivity index (χ1n) is 9.02. The van der Waals surface area contributed by atoms with Crippen LogP contribution in [-0.2, 0) is 4.74 Å². The molecule has 26 heavy (non-hydrogen) atoms. The summed E-state index contributed by atoms with van der Waals surface area (Å²) in [6, 6.07) is 3.92. The molecule has 138 valence electrons. The Kier molecular flexibility index (Phi) is 4.63. The molecule has 0 bridgehead atoms. The molecule has 7 nitrogen and oxygen atoms in total. The van der Waals surface area contributed by atoms with Crippen LogP contribution in [0.15, 0.2) is 35.2 Å². The molecule has 2 aliphatic heterocycles. The van der Waals surface area contributed by atoms with Crippen molar-refractivity contribution in [1.29, 1.82) is 0 Å². The molecule has 1 atom stereocenters. The number of likely N-dealkylation sites (tertiary alicyclic amines) is 1. The smallest absolute Gasteiger partial charge is 0.316 e. The Bertz CT molecular complexity index is 755. The summed E-state index contributed by atoms with van der Waals surface area (Å²) in [5, 5.41) is 0. The lowest BCUT2D eigenvalue weighted by atomic mass is 9.79. The average molecular weight is 357 g/mol. The van der Waals surface area contributed by atoms with Gasteiger partial charge in [0.1, 0.15) is 11.4 Å². The first-order chi connectivity index (χ1) is 12.7. The van der Waals surface area contributed by atoms with E-state index < -0.39 is 0 Å². The van der Waals surface area contributed by atoms with Gasteiger partial charge in [-0.1, -0.05) is 0 Å². The Balaban J connectivity index is 1.27. The molecule has 0 radical (unpaired) electrons. The summed E-state index contributed by atoms with van der Waals surface area (Å²) in [6.07, 6.45) is 7.83. The summed E-state index contributed by atoms with van der Waals surface area (Å²) in [4.78, 5) is 22.5. The van der Waals surface area contributed by atoms with Gasteiger partial charge in [-0.25, -0.2) is 9.97 Å². The van der Waals surface area contributed by atoms with E-state index in [2.05, 4.69) is 9.97 Å². The molecule has 2 aromatic heterocycles. The molecule has 1 spiro atoms. The van der Waals surface area contributed by atoms with E-state index in [9.17, 15) is 4.79 Å². The predicted molar refractivity (Wildman–Crippen MR) is 92.9 cm³/mol. The van der Waals surface area contributed by atoms with Crippen LogP contribution in [0.2, 0.25) is 0 Å². The largest absolute Gasteiger partial charge is 0.469 e. The summed E-state index contributed by atoms with van der Waals surface area (Å²) < 4.78 is 16.9. The van der Waals surface area contributed by atoms with Crippen molar-refractivity contribution in [2.24, 2.45) is 5.92 Å². The first-order valence-corrected chi connectivity index (χ1v) is 9.02. The zero-order chi connectivity index (χ0) is 18.0. The van der Waals surface area contributed by atoms with Crippen molar-refractivity contribution in [3.8, 4) is 6.01 Å². The number of nitrogens with zero attached hydrogens (tertiary/aromatic N) is 3. The van der Waals surface area contributed by atoms with Crippen molar-refractivity contribution >= 4 is 5.91 Å². The molecular formula is C19H23N3O4. The third-order valence-corrected chi connectivity index (χ3v) is 5.23. The molecule has 2 saturated heterocycles. The van der Waals surface area contributed by atoms with E-state index in [4.69, 9.17) is 13.9 Å². The number of ether oxygens (including phenoxy) is 2. The van der Waals surface area contributed by atoms with Crippen LogP contribution >= 0.6 is 0 Å². The second kappa shape index (κ2) is 7.07. The van der Waals surface area contributed by atoms with E-state index >= 15 is 0 Å². The van der Waals surface area contributed by atoms with Gasteiger partial charge in [-0.2, -0.15) is 0 Å². The van der Waals surface area contributed by atoms with Gasteiger partial charge in [0.25, 0.3) is 5.91 Å². The van der Waals surface area contributed by atoms with E-state index in [1.54, 1.807) is 30.8 Å². The van der Waals surface area contributed by atoms with Crippen molar-refractivity contribution in [2.75, 3.05) is 26.3 Å². The Morgan fingerprint density at radius 2 is 2.19 bits per heavy atom. The third kappa shape index (κ3) is 3.44. The van der Waals surface area contributed by atoms with Crippen LogP contribution in [-0.4, -0.2) is 52.7 Å². The summed E-state index contributed by atoms with van der Waals surface area (Å²) in [6.45, 7) is 4.44. The molecule has 4 heterocycles. The van der Waals surface area contributed by atoms with Crippen LogP contribution in [0.5, 0.6) is 6.01 Å². The van der Waals surface area contributed by atoms with E-state index in [1.165, 1.54) is 0 Å². The fraction of sp³-hybridized carbons (Fsp3) is 0.526. The third-order valence-electron chi connectivity index (χ3n) is 5.23. The van der Waals surface area contributed by atoms with Gasteiger partial charge < -0.3 is 18.8 Å². The fourth-order valence-corrected chi connectivity index (χ4v) is 3.84. The van der Waals surface area contributed by atoms with Gasteiger partial charge in [-0.05, 0) is 44.2 Å². The van der Waals surface area contributed by atoms with Crippen molar-refractivity contribution < 1.29 is 18.7 Å². The monoisotopic (exact) mass is 357 g/mol. The summed E-state index contributed by atoms with van der Waals surface area (Å²) in [7, 11) is 0. The topological polar surface area (TPSA) is 77.7 Å². The van der Waals surface area contributed by atoms with E-state index in [0.717, 1.165) is 25.9 Å². The van der Waals surface area contributed by atoms with Crippen molar-refractivity contribution in [3.63, 3.8) is 0 Å². The maximum absolute atomic E-state index is 12.5. The zero-order valence-electron chi connectivity index (χ0n) is 14.9. The molecule has 2 fully saturated rings. The van der Waals surface area contributed by atoms with Crippen LogP contribution in [0.25, 0.3) is 0 Å². The average Bonchev–Trinajstić information content (AvgIpc) is 3.06. The maximum Gasteiger partial charge on any atom is 0.316 e. The van der Waals surface area contributed by atoms with Crippen molar-refractivity contribution in [2.45, 2.75) is 31.8 Å². The quantitative estimate of drug-likeness (QED) is 0.818. The summed E-state index contributed by atoms with van der Waals surface area (Å²) >= 11 is 0. The fourth-order valence-electron chi connectivity index (χ4n) is 3.84. The van der Waals surface area contributed by atoms with Crippen LogP contribution in [0.3, 0.4) is 0 Å². The number of hydrogen-bond donors (Lipinski definition) is 0. The summed E-state index contributed by atoms with van der Waals surface area (Å²) in [5.41, 5.74) is 0.447. The number of aryl methyl sites for hydroxylation is 1. The second-order valence-electron chi connectivity index (χ2n) is 7.11. The Morgan fingerprint density at radius 1 is 1.38 bits per heavy atom. The van der Waals surface area contributed by atoms with Gasteiger partial charge >= 0.3 is 6.01 Å². The molecule has 0 aromatic carbocycles. The van der Waals surface area contributed by atoms with Crippen LogP contribution in [0, 0.1) is 12.8 Å². The lowest BCUT2D eigenvalue weighted by Gasteiger charge is -2.53. The Labute approximate surface area is 152 Å². The number of rotatable bonds is 5. The van der Waals surface area contributed by atoms with Gasteiger partial charge in [0.15, 0.2) is 0 Å². The highest BCUT2D eigenvalue weighted by molar-refractivity contribution is 5.95. The molecule has 0 N–H and O–H groups in total. The highest BCUT2D eigenvalue weighted by Crippen LogP contribution is 2.38. The minimum Gasteiger partial charge on any atom is -0.469 e. The van der Waals surface area contributed by atoms with Crippen LogP contribution in [0.1, 0.15) is 35.4 Å². The van der Waals surface area contributed by atoms with E-state index in [1.807, 2.05) is 11.8 Å². The lowest BCUT2D eigenvalue weighted by Crippen LogP contribution is -2.66. The molecule has 0 saturated carbocycles. The molecule has 0 aliphatic carbocycles. The van der Waals surface area contributed by atoms with Gasteiger partial charge in [0.05, 0.1) is 31.5 Å². The number of aromatic nitrogens is 2. The van der Waals surface area contributed by atoms with Crippen molar-refractivity contribution in [1.82, 2.24) is 14.9 Å². The zero-order valence-corrected chi connectivity index (χ0v) is 14.9. The molecule has 4 rings (SSSR count). The first kappa shape index (κ1) is 17.0. The number of carbonyl (C=O) groups excluding carboxylic acids is 1. The Morgan fingerprint density at radius 3 is 2.92 bits per heavy atom. The van der Waals surface area contributed by atoms with Gasteiger partial charge in [-0.15, -0.1) is 0 Å². The minimum atomic E-state index is -0.195. The standard InChI is InChI=1S/C19H23N3O4/c1-14-16(5-9-24-14)17(23)22-12-19(13-22)11-15(4-10-26-19)3-8-25-18-20-6-2-7-21-18/h2,5-7,9,15H,3-4,8,10-13H2,1H3/t15-/m1/s1. The number of amides is 1. The van der Waals surface area contributed by atoms with Gasteiger partial charge in [0, 0.05) is 19.0 Å². The number of hydrogen-bond acceptors (Lipinski definition) is 6. The highest BCUT2D eigenvalue weighted by Gasteiger charge is 2.49. The predicted octanol–water partition coefficient (Wildman–Crippen LogP) is 2.47. The molecular weight excluding hydrogens is 334 g/mol.